The summed E-state index contributed by atoms with van der Waals surface area (Å²) in [4.78, 5) is 18.4. The molecule has 0 saturated heterocycles. The molecule has 1 heterocycles. The Hall–Kier alpha value is -2.90. The third kappa shape index (κ3) is 3.35. The summed E-state index contributed by atoms with van der Waals surface area (Å²) in [7, 11) is 0. The van der Waals surface area contributed by atoms with Gasteiger partial charge in [0.25, 0.3) is 5.69 Å². The number of aromatic nitrogens is 2. The van der Waals surface area contributed by atoms with E-state index in [1.807, 2.05) is 6.92 Å². The second-order valence-electron chi connectivity index (χ2n) is 4.24. The normalized spacial score (nSPS) is 10.2. The molecule has 0 amide bonds. The number of anilines is 2. The molecule has 3 N–H and O–H groups in total. The number of nitro benzene ring substituents is 1. The molecule has 110 valence electrons. The molecule has 0 saturated carbocycles. The molecule has 0 aliphatic rings. The van der Waals surface area contributed by atoms with Gasteiger partial charge in [0.15, 0.2) is 0 Å². The fourth-order valence-corrected chi connectivity index (χ4v) is 1.79. The van der Waals surface area contributed by atoms with Crippen molar-refractivity contribution in [2.75, 3.05) is 17.6 Å². The van der Waals surface area contributed by atoms with Crippen LogP contribution in [0.15, 0.2) is 24.3 Å². The van der Waals surface area contributed by atoms with Crippen LogP contribution < -0.4 is 15.8 Å². The minimum atomic E-state index is -0.458. The van der Waals surface area contributed by atoms with E-state index in [-0.39, 0.29) is 17.5 Å². The largest absolute Gasteiger partial charge is 0.438 e. The standard InChI is InChI=1S/C13H15N5O3/c1-3-15-11-7-12(17-13(14)16-11)21-10-6-4-5-9(8(10)2)18(19)20/h4-7H,3H2,1-2H3,(H3,14,15,16,17). The van der Waals surface area contributed by atoms with E-state index in [1.54, 1.807) is 25.1 Å². The van der Waals surface area contributed by atoms with E-state index in [4.69, 9.17) is 10.5 Å². The van der Waals surface area contributed by atoms with Crippen molar-refractivity contribution in [3.05, 3.63) is 39.9 Å². The highest BCUT2D eigenvalue weighted by Gasteiger charge is 2.15. The Balaban J connectivity index is 2.34. The van der Waals surface area contributed by atoms with Crippen LogP contribution in [0.4, 0.5) is 17.5 Å². The fourth-order valence-electron chi connectivity index (χ4n) is 1.79. The second kappa shape index (κ2) is 6.04. The van der Waals surface area contributed by atoms with Gasteiger partial charge in [0, 0.05) is 18.7 Å². The molecule has 1 aromatic heterocycles. The maximum Gasteiger partial charge on any atom is 0.276 e. The Morgan fingerprint density at radius 2 is 2.19 bits per heavy atom. The van der Waals surface area contributed by atoms with Crippen LogP contribution >= 0.6 is 0 Å². The molecule has 0 atom stereocenters. The van der Waals surface area contributed by atoms with Gasteiger partial charge in [0.2, 0.25) is 11.8 Å². The molecule has 21 heavy (non-hydrogen) atoms. The lowest BCUT2D eigenvalue weighted by molar-refractivity contribution is -0.385. The number of nitrogen functional groups attached to an aromatic ring is 1. The van der Waals surface area contributed by atoms with E-state index in [2.05, 4.69) is 15.3 Å². The van der Waals surface area contributed by atoms with E-state index in [9.17, 15) is 10.1 Å². The first kappa shape index (κ1) is 14.5. The first-order chi connectivity index (χ1) is 10.0. The van der Waals surface area contributed by atoms with E-state index in [0.29, 0.717) is 23.7 Å². The van der Waals surface area contributed by atoms with Crippen molar-refractivity contribution in [1.82, 2.24) is 9.97 Å². The van der Waals surface area contributed by atoms with Gasteiger partial charge in [0.1, 0.15) is 11.6 Å². The molecule has 0 aliphatic carbocycles. The lowest BCUT2D eigenvalue weighted by Crippen LogP contribution is -2.04. The van der Waals surface area contributed by atoms with E-state index in [1.165, 1.54) is 6.07 Å². The lowest BCUT2D eigenvalue weighted by atomic mass is 10.2. The molecule has 0 unspecified atom stereocenters. The zero-order chi connectivity index (χ0) is 15.4. The smallest absolute Gasteiger partial charge is 0.276 e. The maximum absolute atomic E-state index is 10.9. The number of nitrogens with one attached hydrogen (secondary N) is 1. The summed E-state index contributed by atoms with van der Waals surface area (Å²) in [6.45, 7) is 4.21. The molecule has 2 aromatic rings. The van der Waals surface area contributed by atoms with Crippen molar-refractivity contribution in [3.8, 4) is 11.6 Å². The van der Waals surface area contributed by atoms with Crippen molar-refractivity contribution in [1.29, 1.82) is 0 Å². The SMILES string of the molecule is CCNc1cc(Oc2cccc([N+](=O)[O-])c2C)nc(N)n1. The Morgan fingerprint density at radius 1 is 1.43 bits per heavy atom. The van der Waals surface area contributed by atoms with Crippen LogP contribution in [0.1, 0.15) is 12.5 Å². The average molecular weight is 289 g/mol. The summed E-state index contributed by atoms with van der Waals surface area (Å²) < 4.78 is 5.59. The van der Waals surface area contributed by atoms with Crippen LogP contribution in [0, 0.1) is 17.0 Å². The van der Waals surface area contributed by atoms with Gasteiger partial charge in [-0.25, -0.2) is 0 Å². The molecular formula is C13H15N5O3. The molecule has 0 bridgehead atoms. The quantitative estimate of drug-likeness (QED) is 0.641. The molecule has 0 radical (unpaired) electrons. The van der Waals surface area contributed by atoms with Crippen LogP contribution in [-0.4, -0.2) is 21.4 Å². The summed E-state index contributed by atoms with van der Waals surface area (Å²) >= 11 is 0. The number of nitro groups is 1. The number of hydrogen-bond donors (Lipinski definition) is 2. The van der Waals surface area contributed by atoms with Gasteiger partial charge in [0.05, 0.1) is 10.5 Å². The third-order valence-corrected chi connectivity index (χ3v) is 2.74. The Bertz CT molecular complexity index is 675. The fraction of sp³-hybridized carbons (Fsp3) is 0.231. The Labute approximate surface area is 121 Å². The average Bonchev–Trinajstić information content (AvgIpc) is 2.40. The van der Waals surface area contributed by atoms with Gasteiger partial charge >= 0.3 is 0 Å². The third-order valence-electron chi connectivity index (χ3n) is 2.74. The number of nitrogens with zero attached hydrogens (tertiary/aromatic N) is 3. The van der Waals surface area contributed by atoms with Crippen molar-refractivity contribution >= 4 is 17.5 Å². The van der Waals surface area contributed by atoms with Crippen molar-refractivity contribution in [2.24, 2.45) is 0 Å². The number of hydrogen-bond acceptors (Lipinski definition) is 7. The summed E-state index contributed by atoms with van der Waals surface area (Å²) in [6.07, 6.45) is 0. The topological polar surface area (TPSA) is 116 Å². The highest BCUT2D eigenvalue weighted by molar-refractivity contribution is 5.50. The van der Waals surface area contributed by atoms with Gasteiger partial charge in [-0.2, -0.15) is 9.97 Å². The van der Waals surface area contributed by atoms with Crippen LogP contribution in [0.25, 0.3) is 0 Å². The molecule has 1 aromatic carbocycles. The number of nitrogens with two attached hydrogens (primary N) is 1. The van der Waals surface area contributed by atoms with Crippen LogP contribution in [-0.2, 0) is 0 Å². The first-order valence-corrected chi connectivity index (χ1v) is 6.31. The number of benzene rings is 1. The van der Waals surface area contributed by atoms with Crippen LogP contribution in [0.5, 0.6) is 11.6 Å². The molecular weight excluding hydrogens is 274 g/mol. The van der Waals surface area contributed by atoms with Gasteiger partial charge in [-0.1, -0.05) is 6.07 Å². The van der Waals surface area contributed by atoms with Gasteiger partial charge in [-0.3, -0.25) is 10.1 Å². The zero-order valence-electron chi connectivity index (χ0n) is 11.7. The first-order valence-electron chi connectivity index (χ1n) is 6.31. The van der Waals surface area contributed by atoms with Gasteiger partial charge < -0.3 is 15.8 Å². The second-order valence-corrected chi connectivity index (χ2v) is 4.24. The monoisotopic (exact) mass is 289 g/mol. The van der Waals surface area contributed by atoms with E-state index < -0.39 is 4.92 Å². The zero-order valence-corrected chi connectivity index (χ0v) is 11.7. The van der Waals surface area contributed by atoms with Crippen molar-refractivity contribution < 1.29 is 9.66 Å². The van der Waals surface area contributed by atoms with Crippen molar-refractivity contribution in [2.45, 2.75) is 13.8 Å². The molecule has 0 spiro atoms. The van der Waals surface area contributed by atoms with Gasteiger partial charge in [-0.05, 0) is 19.9 Å². The van der Waals surface area contributed by atoms with E-state index >= 15 is 0 Å². The molecule has 0 fully saturated rings. The number of rotatable bonds is 5. The Kier molecular flexibility index (Phi) is 4.17. The minimum Gasteiger partial charge on any atom is -0.438 e. The highest BCUT2D eigenvalue weighted by Crippen LogP contribution is 2.30. The Morgan fingerprint density at radius 3 is 2.86 bits per heavy atom. The van der Waals surface area contributed by atoms with Crippen LogP contribution in [0.3, 0.4) is 0 Å². The maximum atomic E-state index is 10.9. The number of ether oxygens (including phenoxy) is 1. The predicted molar refractivity (Wildman–Crippen MR) is 78.5 cm³/mol. The summed E-state index contributed by atoms with van der Waals surface area (Å²) in [5.74, 6) is 1.17. The van der Waals surface area contributed by atoms with Gasteiger partial charge in [-0.15, -0.1) is 0 Å². The highest BCUT2D eigenvalue weighted by atomic mass is 16.6. The molecule has 8 heteroatoms. The lowest BCUT2D eigenvalue weighted by Gasteiger charge is -2.10. The van der Waals surface area contributed by atoms with E-state index in [0.717, 1.165) is 0 Å². The van der Waals surface area contributed by atoms with Crippen molar-refractivity contribution in [3.63, 3.8) is 0 Å². The van der Waals surface area contributed by atoms with Crippen LogP contribution in [0.2, 0.25) is 0 Å². The summed E-state index contributed by atoms with van der Waals surface area (Å²) in [5, 5.41) is 13.9. The summed E-state index contributed by atoms with van der Waals surface area (Å²) in [6, 6.07) is 6.18. The molecule has 2 rings (SSSR count). The molecule has 0 aliphatic heterocycles. The minimum absolute atomic E-state index is 0.0126. The molecule has 8 nitrogen and oxygen atoms in total. The predicted octanol–water partition coefficient (Wildman–Crippen LogP) is 2.50. The summed E-state index contributed by atoms with van der Waals surface area (Å²) in [5.41, 5.74) is 6.02.